The molecule has 2 aliphatic rings. The predicted molar refractivity (Wildman–Crippen MR) is 216 cm³/mol. The molecule has 0 spiro atoms. The minimum absolute atomic E-state index is 0.101. The Balaban J connectivity index is 1.50. The summed E-state index contributed by atoms with van der Waals surface area (Å²) in [5.41, 5.74) is 7.95. The van der Waals surface area contributed by atoms with Gasteiger partial charge >= 0.3 is 11.9 Å². The third-order valence-corrected chi connectivity index (χ3v) is 11.8. The van der Waals surface area contributed by atoms with E-state index in [-0.39, 0.29) is 38.4 Å². The van der Waals surface area contributed by atoms with E-state index in [1.54, 1.807) is 13.8 Å². The van der Waals surface area contributed by atoms with E-state index in [9.17, 15) is 14.7 Å². The van der Waals surface area contributed by atoms with E-state index in [0.29, 0.717) is 42.7 Å². The zero-order valence-electron chi connectivity index (χ0n) is 33.4. The van der Waals surface area contributed by atoms with Crippen molar-refractivity contribution in [3.05, 3.63) is 76.9 Å². The number of aliphatic hydroxyl groups is 1. The number of hydrogen-bond acceptors (Lipinski definition) is 6. The van der Waals surface area contributed by atoms with Crippen LogP contribution in [0.3, 0.4) is 0 Å². The van der Waals surface area contributed by atoms with Gasteiger partial charge in [-0.1, -0.05) is 83.7 Å². The molecule has 0 heterocycles. The predicted octanol–water partition coefficient (Wildman–Crippen LogP) is 11.1. The zero-order chi connectivity index (χ0) is 38.2. The number of ether oxygens (including phenoxy) is 3. The quantitative estimate of drug-likeness (QED) is 0.0783. The highest BCUT2D eigenvalue weighted by atomic mass is 16.5. The molecule has 0 atom stereocenters. The summed E-state index contributed by atoms with van der Waals surface area (Å²) in [6.07, 6.45) is 20.2. The Morgan fingerprint density at radius 3 is 1.79 bits per heavy atom. The summed E-state index contributed by atoms with van der Waals surface area (Å²) in [5, 5.41) is 9.66. The van der Waals surface area contributed by atoms with E-state index in [0.717, 1.165) is 46.6 Å². The smallest absolute Gasteiger partial charge is 0.333 e. The van der Waals surface area contributed by atoms with Gasteiger partial charge in [0, 0.05) is 11.1 Å². The van der Waals surface area contributed by atoms with Crippen LogP contribution in [0.4, 0.5) is 0 Å². The molecule has 0 saturated heterocycles. The molecule has 2 aromatic carbocycles. The fourth-order valence-corrected chi connectivity index (χ4v) is 8.71. The van der Waals surface area contributed by atoms with Gasteiger partial charge < -0.3 is 19.3 Å². The van der Waals surface area contributed by atoms with Crippen LogP contribution in [0.5, 0.6) is 5.75 Å². The van der Waals surface area contributed by atoms with Gasteiger partial charge in [0.2, 0.25) is 0 Å². The van der Waals surface area contributed by atoms with Crippen molar-refractivity contribution in [1.29, 1.82) is 0 Å². The van der Waals surface area contributed by atoms with Gasteiger partial charge in [-0.3, -0.25) is 0 Å². The molecule has 2 fully saturated rings. The maximum Gasteiger partial charge on any atom is 0.333 e. The molecular formula is C47H68O6. The summed E-state index contributed by atoms with van der Waals surface area (Å²) in [6, 6.07) is 11.6. The molecule has 1 N–H and O–H groups in total. The first-order chi connectivity index (χ1) is 25.6. The van der Waals surface area contributed by atoms with Crippen LogP contribution in [-0.2, 0) is 38.3 Å². The number of carbonyl (C=O) groups is 2. The summed E-state index contributed by atoms with van der Waals surface area (Å²) >= 11 is 0. The Bertz CT molecular complexity index is 1440. The second-order valence-electron chi connectivity index (χ2n) is 15.9. The first kappa shape index (κ1) is 42.4. The van der Waals surface area contributed by atoms with Crippen LogP contribution in [0.2, 0.25) is 0 Å². The van der Waals surface area contributed by atoms with Crippen molar-refractivity contribution in [2.24, 2.45) is 17.8 Å². The molecule has 0 bridgehead atoms. The Morgan fingerprint density at radius 2 is 1.28 bits per heavy atom. The molecule has 292 valence electrons. The monoisotopic (exact) mass is 729 g/mol. The number of carbonyl (C=O) groups excluding carboxylic acids is 2. The lowest BCUT2D eigenvalue weighted by Gasteiger charge is -2.38. The molecule has 0 aliphatic heterocycles. The van der Waals surface area contributed by atoms with Gasteiger partial charge in [-0.15, -0.1) is 0 Å². The number of aryl methyl sites for hydroxylation is 3. The summed E-state index contributed by atoms with van der Waals surface area (Å²) in [4.78, 5) is 24.1. The van der Waals surface area contributed by atoms with Gasteiger partial charge in [-0.2, -0.15) is 0 Å². The van der Waals surface area contributed by atoms with E-state index in [2.05, 4.69) is 57.3 Å². The van der Waals surface area contributed by atoms with E-state index in [4.69, 9.17) is 14.2 Å². The molecule has 2 aromatic rings. The van der Waals surface area contributed by atoms with Gasteiger partial charge in [-0.25, -0.2) is 9.59 Å². The van der Waals surface area contributed by atoms with Crippen LogP contribution in [0, 0.1) is 17.8 Å². The first-order valence-corrected chi connectivity index (χ1v) is 20.8. The minimum atomic E-state index is -0.387. The Labute approximate surface area is 320 Å². The molecular weight excluding hydrogens is 661 g/mol. The van der Waals surface area contributed by atoms with E-state index >= 15 is 0 Å². The SMILES string of the molecule is C=C(C)C(=O)OCCCc1cc(-c2ccc(C3CCC(C4CCC(CCCCC)CC4)CC3)cc2CC)cc(CCCOC(=O)C(=C)C)c1OCCO. The third-order valence-electron chi connectivity index (χ3n) is 11.8. The molecule has 0 unspecified atom stereocenters. The molecule has 53 heavy (non-hydrogen) atoms. The van der Waals surface area contributed by atoms with E-state index < -0.39 is 0 Å². The van der Waals surface area contributed by atoms with Crippen LogP contribution in [0.1, 0.15) is 146 Å². The summed E-state index contributed by atoms with van der Waals surface area (Å²) in [7, 11) is 0. The standard InChI is InChI=1S/C47H68O6/c1-7-9-10-13-35-16-18-37(19-17-35)38-20-22-39(23-21-38)40-24-25-44(36(8-2)30-40)43-31-41(14-11-27-52-46(49)33(3)4)45(51-29-26-48)42(32-43)15-12-28-53-47(50)34(5)6/h24-25,30-32,35,37-39,48H,3,5,7-23,26-29H2,1-2,4,6H3. The van der Waals surface area contributed by atoms with Gasteiger partial charge in [0.05, 0.1) is 19.8 Å². The molecule has 0 aromatic heterocycles. The second kappa shape index (κ2) is 22.1. The maximum atomic E-state index is 12.0. The highest BCUT2D eigenvalue weighted by molar-refractivity contribution is 5.87. The molecule has 6 heteroatoms. The normalized spacial score (nSPS) is 20.1. The van der Waals surface area contributed by atoms with Crippen LogP contribution in [0.25, 0.3) is 11.1 Å². The van der Waals surface area contributed by atoms with Crippen molar-refractivity contribution < 1.29 is 28.9 Å². The Kier molecular flexibility index (Phi) is 17.7. The fourth-order valence-electron chi connectivity index (χ4n) is 8.71. The fraction of sp³-hybridized carbons (Fsp3) is 0.617. The zero-order valence-corrected chi connectivity index (χ0v) is 33.4. The van der Waals surface area contributed by atoms with Crippen LogP contribution in [-0.4, -0.2) is 43.5 Å². The largest absolute Gasteiger partial charge is 0.491 e. The molecule has 0 amide bonds. The molecule has 4 rings (SSSR count). The lowest BCUT2D eigenvalue weighted by atomic mass is 9.68. The molecule has 6 nitrogen and oxygen atoms in total. The lowest BCUT2D eigenvalue weighted by Crippen LogP contribution is -2.25. The molecule has 2 aliphatic carbocycles. The maximum absolute atomic E-state index is 12.0. The highest BCUT2D eigenvalue weighted by Gasteiger charge is 2.31. The number of aliphatic hydroxyl groups excluding tert-OH is 1. The van der Waals surface area contributed by atoms with Crippen molar-refractivity contribution in [2.45, 2.75) is 143 Å². The topological polar surface area (TPSA) is 82.1 Å². The average molecular weight is 729 g/mol. The summed E-state index contributed by atoms with van der Waals surface area (Å²) in [5.74, 6) is 3.43. The molecule has 2 saturated carbocycles. The van der Waals surface area contributed by atoms with Crippen molar-refractivity contribution >= 4 is 11.9 Å². The summed E-state index contributed by atoms with van der Waals surface area (Å²) in [6.45, 7) is 15.8. The van der Waals surface area contributed by atoms with Gasteiger partial charge in [-0.05, 0) is 154 Å². The van der Waals surface area contributed by atoms with Crippen molar-refractivity contribution in [2.75, 3.05) is 26.4 Å². The number of benzene rings is 2. The van der Waals surface area contributed by atoms with Gasteiger partial charge in [0.15, 0.2) is 0 Å². The second-order valence-corrected chi connectivity index (χ2v) is 15.9. The van der Waals surface area contributed by atoms with E-state index in [1.807, 2.05) is 0 Å². The minimum Gasteiger partial charge on any atom is -0.491 e. The van der Waals surface area contributed by atoms with Crippen LogP contribution < -0.4 is 4.74 Å². The summed E-state index contributed by atoms with van der Waals surface area (Å²) < 4.78 is 17.0. The number of hydrogen-bond donors (Lipinski definition) is 1. The number of rotatable bonds is 21. The van der Waals surface area contributed by atoms with Crippen molar-refractivity contribution in [3.8, 4) is 16.9 Å². The highest BCUT2D eigenvalue weighted by Crippen LogP contribution is 2.45. The van der Waals surface area contributed by atoms with Crippen LogP contribution in [0.15, 0.2) is 54.6 Å². The van der Waals surface area contributed by atoms with Gasteiger partial charge in [0.1, 0.15) is 12.4 Å². The Morgan fingerprint density at radius 1 is 0.717 bits per heavy atom. The first-order valence-electron chi connectivity index (χ1n) is 20.8. The number of unbranched alkanes of at least 4 members (excludes halogenated alkanes) is 2. The third kappa shape index (κ3) is 12.9. The van der Waals surface area contributed by atoms with E-state index in [1.165, 1.54) is 93.7 Å². The number of esters is 2. The molecule has 0 radical (unpaired) electrons. The van der Waals surface area contributed by atoms with Gasteiger partial charge in [0.25, 0.3) is 0 Å². The average Bonchev–Trinajstić information content (AvgIpc) is 3.17. The van der Waals surface area contributed by atoms with Crippen molar-refractivity contribution in [1.82, 2.24) is 0 Å². The van der Waals surface area contributed by atoms with Crippen molar-refractivity contribution in [3.63, 3.8) is 0 Å². The van der Waals surface area contributed by atoms with Crippen LogP contribution >= 0.6 is 0 Å². The lowest BCUT2D eigenvalue weighted by molar-refractivity contribution is -0.139. The Hall–Kier alpha value is -3.38.